The Morgan fingerprint density at radius 3 is 1.70 bits per heavy atom. The lowest BCUT2D eigenvalue weighted by molar-refractivity contribution is -0.161. The first-order valence-corrected chi connectivity index (χ1v) is 6.80. The van der Waals surface area contributed by atoms with Crippen molar-refractivity contribution >= 4 is 12.6 Å². The van der Waals surface area contributed by atoms with Crippen molar-refractivity contribution in [3.63, 3.8) is 0 Å². The highest BCUT2D eigenvalue weighted by Crippen LogP contribution is 2.42. The van der Waals surface area contributed by atoms with E-state index in [-0.39, 0.29) is 0 Å². The molecule has 0 aliphatic carbocycles. The van der Waals surface area contributed by atoms with Crippen molar-refractivity contribution in [2.24, 2.45) is 0 Å². The summed E-state index contributed by atoms with van der Waals surface area (Å²) in [5.41, 5.74) is -6.13. The molecule has 0 N–H and O–H groups in total. The molecule has 1 aliphatic rings. The van der Waals surface area contributed by atoms with Crippen molar-refractivity contribution in [2.75, 3.05) is 0 Å². The zero-order valence-corrected chi connectivity index (χ0v) is 12.9. The minimum Gasteiger partial charge on any atom is -0.399 e. The van der Waals surface area contributed by atoms with Gasteiger partial charge in [-0.3, -0.25) is 0 Å². The van der Waals surface area contributed by atoms with Gasteiger partial charge in [-0.2, -0.15) is 26.3 Å². The molecule has 1 aromatic carbocycles. The van der Waals surface area contributed by atoms with Gasteiger partial charge in [-0.15, -0.1) is 0 Å². The fraction of sp³-hybridized carbons (Fsp3) is 0.571. The molecule has 1 aromatic rings. The van der Waals surface area contributed by atoms with Crippen LogP contribution in [0.15, 0.2) is 18.2 Å². The summed E-state index contributed by atoms with van der Waals surface area (Å²) < 4.78 is 89.6. The van der Waals surface area contributed by atoms with Crippen LogP contribution < -0.4 is 5.46 Å². The zero-order valence-electron chi connectivity index (χ0n) is 12.9. The van der Waals surface area contributed by atoms with Gasteiger partial charge in [-0.1, -0.05) is 12.1 Å². The lowest BCUT2D eigenvalue weighted by atomic mass is 9.74. The molecule has 2 rings (SSSR count). The Balaban J connectivity index is 2.61. The highest BCUT2D eigenvalue weighted by Gasteiger charge is 2.55. The molecule has 128 valence electrons. The molecular formula is C14H15BF6O2. The van der Waals surface area contributed by atoms with Gasteiger partial charge >= 0.3 is 19.5 Å². The third-order valence-corrected chi connectivity index (χ3v) is 4.19. The second kappa shape index (κ2) is 5.14. The largest absolute Gasteiger partial charge is 0.495 e. The van der Waals surface area contributed by atoms with E-state index in [1.165, 1.54) is 0 Å². The second-order valence-electron chi connectivity index (χ2n) is 6.35. The maximum Gasteiger partial charge on any atom is 0.495 e. The van der Waals surface area contributed by atoms with Crippen molar-refractivity contribution in [1.29, 1.82) is 0 Å². The molecule has 0 bridgehead atoms. The van der Waals surface area contributed by atoms with Crippen molar-refractivity contribution < 1.29 is 35.7 Å². The maximum absolute atomic E-state index is 13.3. The zero-order chi connectivity index (χ0) is 17.8. The smallest absolute Gasteiger partial charge is 0.399 e. The topological polar surface area (TPSA) is 18.5 Å². The fourth-order valence-corrected chi connectivity index (χ4v) is 2.29. The van der Waals surface area contributed by atoms with Crippen LogP contribution in [0.3, 0.4) is 0 Å². The van der Waals surface area contributed by atoms with Crippen LogP contribution in [0.2, 0.25) is 0 Å². The standard InChI is InChI=1S/C14H15BF6O2/c1-11(2)12(3,4)23-15(22-11)9-7-5-6-8(13(16,17)18)10(9)14(19,20)21/h5-7H,1-4H3. The molecule has 0 spiro atoms. The van der Waals surface area contributed by atoms with E-state index in [0.29, 0.717) is 6.07 Å². The molecule has 1 fully saturated rings. The predicted octanol–water partition coefficient (Wildman–Crippen LogP) is 4.02. The molecule has 23 heavy (non-hydrogen) atoms. The quantitative estimate of drug-likeness (QED) is 0.568. The third-order valence-electron chi connectivity index (χ3n) is 4.19. The van der Waals surface area contributed by atoms with Gasteiger partial charge in [-0.25, -0.2) is 0 Å². The summed E-state index contributed by atoms with van der Waals surface area (Å²) >= 11 is 0. The molecule has 9 heteroatoms. The average molecular weight is 340 g/mol. The first kappa shape index (κ1) is 18.1. The van der Waals surface area contributed by atoms with Gasteiger partial charge < -0.3 is 9.31 Å². The fourth-order valence-electron chi connectivity index (χ4n) is 2.29. The van der Waals surface area contributed by atoms with Crippen LogP contribution in [0.1, 0.15) is 38.8 Å². The van der Waals surface area contributed by atoms with Crippen molar-refractivity contribution in [1.82, 2.24) is 0 Å². The molecule has 0 radical (unpaired) electrons. The summed E-state index contributed by atoms with van der Waals surface area (Å²) in [6.07, 6.45) is -10.3. The molecular weight excluding hydrogens is 325 g/mol. The van der Waals surface area contributed by atoms with Gasteiger partial charge in [0.05, 0.1) is 22.3 Å². The van der Waals surface area contributed by atoms with Crippen LogP contribution in [0, 0.1) is 0 Å². The maximum atomic E-state index is 13.3. The van der Waals surface area contributed by atoms with Crippen LogP contribution in [0.4, 0.5) is 26.3 Å². The number of halogens is 6. The summed E-state index contributed by atoms with van der Waals surface area (Å²) in [7, 11) is -1.53. The molecule has 1 aliphatic heterocycles. The molecule has 0 saturated carbocycles. The summed E-state index contributed by atoms with van der Waals surface area (Å²) in [6, 6.07) is 2.26. The Morgan fingerprint density at radius 2 is 1.30 bits per heavy atom. The van der Waals surface area contributed by atoms with Crippen LogP contribution in [-0.2, 0) is 21.7 Å². The summed E-state index contributed by atoms with van der Waals surface area (Å²) in [5, 5.41) is 0. The van der Waals surface area contributed by atoms with Gasteiger partial charge in [0.25, 0.3) is 0 Å². The third kappa shape index (κ3) is 3.21. The predicted molar refractivity (Wildman–Crippen MR) is 72.2 cm³/mol. The number of hydrogen-bond donors (Lipinski definition) is 0. The van der Waals surface area contributed by atoms with Gasteiger partial charge in [0.15, 0.2) is 0 Å². The van der Waals surface area contributed by atoms with E-state index >= 15 is 0 Å². The van der Waals surface area contributed by atoms with E-state index in [2.05, 4.69) is 0 Å². The summed E-state index contributed by atoms with van der Waals surface area (Å²) in [4.78, 5) is 0. The van der Waals surface area contributed by atoms with Crippen molar-refractivity contribution in [3.8, 4) is 0 Å². The normalized spacial score (nSPS) is 20.9. The highest BCUT2D eigenvalue weighted by atomic mass is 19.4. The SMILES string of the molecule is CC1(C)OB(c2cccc(C(F)(F)F)c2C(F)(F)F)OC1(C)C. The van der Waals surface area contributed by atoms with E-state index < -0.39 is 47.3 Å². The van der Waals surface area contributed by atoms with Crippen LogP contribution in [0.5, 0.6) is 0 Å². The average Bonchev–Trinajstić information content (AvgIpc) is 2.55. The van der Waals surface area contributed by atoms with Gasteiger partial charge in [0, 0.05) is 0 Å². The molecule has 0 aromatic heterocycles. The van der Waals surface area contributed by atoms with E-state index in [0.717, 1.165) is 12.1 Å². The number of rotatable bonds is 1. The lowest BCUT2D eigenvalue weighted by Gasteiger charge is -2.32. The highest BCUT2D eigenvalue weighted by molar-refractivity contribution is 6.62. The van der Waals surface area contributed by atoms with Gasteiger partial charge in [0.1, 0.15) is 0 Å². The second-order valence-corrected chi connectivity index (χ2v) is 6.35. The molecule has 2 nitrogen and oxygen atoms in total. The molecule has 0 unspecified atom stereocenters. The van der Waals surface area contributed by atoms with E-state index in [1.54, 1.807) is 27.7 Å². The number of hydrogen-bond acceptors (Lipinski definition) is 2. The Bertz CT molecular complexity index is 590. The van der Waals surface area contributed by atoms with Gasteiger partial charge in [-0.05, 0) is 39.2 Å². The lowest BCUT2D eigenvalue weighted by Crippen LogP contribution is -2.41. The Labute approximate surface area is 129 Å². The minimum atomic E-state index is -5.19. The van der Waals surface area contributed by atoms with Crippen molar-refractivity contribution in [2.45, 2.75) is 51.2 Å². The number of benzene rings is 1. The molecule has 1 saturated heterocycles. The van der Waals surface area contributed by atoms with Crippen LogP contribution in [-0.4, -0.2) is 18.3 Å². The molecule has 1 heterocycles. The van der Waals surface area contributed by atoms with E-state index in [9.17, 15) is 26.3 Å². The van der Waals surface area contributed by atoms with Crippen molar-refractivity contribution in [3.05, 3.63) is 29.3 Å². The monoisotopic (exact) mass is 340 g/mol. The Morgan fingerprint density at radius 1 is 0.826 bits per heavy atom. The molecule has 0 atom stereocenters. The first-order chi connectivity index (χ1) is 10.2. The first-order valence-electron chi connectivity index (χ1n) is 6.80. The van der Waals surface area contributed by atoms with Crippen LogP contribution >= 0.6 is 0 Å². The summed E-state index contributed by atoms with van der Waals surface area (Å²) in [6.45, 7) is 6.42. The number of alkyl halides is 6. The molecule has 0 amide bonds. The minimum absolute atomic E-state index is 0.400. The summed E-state index contributed by atoms with van der Waals surface area (Å²) in [5.74, 6) is 0. The Kier molecular flexibility index (Phi) is 4.05. The van der Waals surface area contributed by atoms with E-state index in [1.807, 2.05) is 0 Å². The van der Waals surface area contributed by atoms with Crippen LogP contribution in [0.25, 0.3) is 0 Å². The van der Waals surface area contributed by atoms with E-state index in [4.69, 9.17) is 9.31 Å². The van der Waals surface area contributed by atoms with Gasteiger partial charge in [0.2, 0.25) is 0 Å². The Hall–Kier alpha value is -1.22.